The SMILES string of the molecule is CC[C@H](NS(=O)(=O)c1ccc(OC)c(C)c1C)c1ccc(C)c(C)c1. The van der Waals surface area contributed by atoms with Gasteiger partial charge in [0.25, 0.3) is 0 Å². The maximum atomic E-state index is 12.9. The Morgan fingerprint density at radius 3 is 2.24 bits per heavy atom. The van der Waals surface area contributed by atoms with Crippen LogP contribution in [0.1, 0.15) is 47.2 Å². The van der Waals surface area contributed by atoms with Gasteiger partial charge >= 0.3 is 0 Å². The fourth-order valence-electron chi connectivity index (χ4n) is 2.90. The van der Waals surface area contributed by atoms with E-state index in [1.165, 1.54) is 5.56 Å². The lowest BCUT2D eigenvalue weighted by Gasteiger charge is -2.20. The average molecular weight is 362 g/mol. The summed E-state index contributed by atoms with van der Waals surface area (Å²) in [6, 6.07) is 9.13. The normalized spacial score (nSPS) is 12.9. The molecule has 0 aliphatic rings. The number of nitrogens with one attached hydrogen (secondary N) is 1. The van der Waals surface area contributed by atoms with Gasteiger partial charge in [0.2, 0.25) is 10.0 Å². The van der Waals surface area contributed by atoms with Crippen molar-refractivity contribution < 1.29 is 13.2 Å². The molecule has 2 rings (SSSR count). The summed E-state index contributed by atoms with van der Waals surface area (Å²) in [5, 5.41) is 0. The van der Waals surface area contributed by atoms with E-state index in [0.29, 0.717) is 22.6 Å². The van der Waals surface area contributed by atoms with Crippen LogP contribution in [0.2, 0.25) is 0 Å². The van der Waals surface area contributed by atoms with E-state index in [9.17, 15) is 8.42 Å². The predicted octanol–water partition coefficient (Wildman–Crippen LogP) is 4.36. The van der Waals surface area contributed by atoms with Crippen molar-refractivity contribution in [1.82, 2.24) is 4.72 Å². The molecule has 0 amide bonds. The Balaban J connectivity index is 2.39. The molecule has 0 aliphatic carbocycles. The molecule has 0 heterocycles. The first-order valence-corrected chi connectivity index (χ1v) is 9.93. The van der Waals surface area contributed by atoms with Crippen LogP contribution in [0.25, 0.3) is 0 Å². The Labute approximate surface area is 151 Å². The second-order valence-electron chi connectivity index (χ2n) is 6.44. The van der Waals surface area contributed by atoms with Gasteiger partial charge in [-0.15, -0.1) is 0 Å². The van der Waals surface area contributed by atoms with Gasteiger partial charge in [-0.25, -0.2) is 13.1 Å². The minimum absolute atomic E-state index is 0.258. The van der Waals surface area contributed by atoms with Crippen LogP contribution in [0, 0.1) is 27.7 Å². The van der Waals surface area contributed by atoms with Gasteiger partial charge in [-0.1, -0.05) is 25.1 Å². The van der Waals surface area contributed by atoms with E-state index in [1.807, 2.05) is 46.8 Å². The topological polar surface area (TPSA) is 55.4 Å². The molecule has 25 heavy (non-hydrogen) atoms. The van der Waals surface area contributed by atoms with Crippen molar-refractivity contribution in [3.8, 4) is 5.75 Å². The molecule has 2 aromatic carbocycles. The molecule has 0 fully saturated rings. The highest BCUT2D eigenvalue weighted by Crippen LogP contribution is 2.28. The lowest BCUT2D eigenvalue weighted by atomic mass is 10.0. The lowest BCUT2D eigenvalue weighted by Crippen LogP contribution is -2.29. The summed E-state index contributed by atoms with van der Waals surface area (Å²) in [6.07, 6.45) is 0.677. The Bertz CT molecular complexity index is 873. The van der Waals surface area contributed by atoms with Gasteiger partial charge in [0.15, 0.2) is 0 Å². The van der Waals surface area contributed by atoms with Crippen LogP contribution < -0.4 is 9.46 Å². The Hall–Kier alpha value is -1.85. The molecule has 0 saturated carbocycles. The van der Waals surface area contributed by atoms with Gasteiger partial charge in [0.1, 0.15) is 5.75 Å². The summed E-state index contributed by atoms with van der Waals surface area (Å²) >= 11 is 0. The molecule has 1 atom stereocenters. The zero-order valence-electron chi connectivity index (χ0n) is 15.8. The molecule has 4 nitrogen and oxygen atoms in total. The molecule has 0 spiro atoms. The number of aryl methyl sites for hydroxylation is 2. The third-order valence-electron chi connectivity index (χ3n) is 4.84. The first-order valence-electron chi connectivity index (χ1n) is 8.45. The second kappa shape index (κ2) is 7.58. The molecule has 0 unspecified atom stereocenters. The summed E-state index contributed by atoms with van der Waals surface area (Å²) in [7, 11) is -2.04. The van der Waals surface area contributed by atoms with E-state index in [-0.39, 0.29) is 6.04 Å². The number of hydrogen-bond acceptors (Lipinski definition) is 3. The molecule has 5 heteroatoms. The monoisotopic (exact) mass is 361 g/mol. The third kappa shape index (κ3) is 4.05. The Morgan fingerprint density at radius 2 is 1.68 bits per heavy atom. The summed E-state index contributed by atoms with van der Waals surface area (Å²) in [5.74, 6) is 0.692. The second-order valence-corrected chi connectivity index (χ2v) is 8.12. The highest BCUT2D eigenvalue weighted by molar-refractivity contribution is 7.89. The molecule has 136 valence electrons. The minimum Gasteiger partial charge on any atom is -0.496 e. The van der Waals surface area contributed by atoms with Crippen LogP contribution in [0.5, 0.6) is 5.75 Å². The van der Waals surface area contributed by atoms with E-state index >= 15 is 0 Å². The van der Waals surface area contributed by atoms with E-state index in [1.54, 1.807) is 19.2 Å². The number of rotatable bonds is 6. The van der Waals surface area contributed by atoms with Gasteiger partial charge < -0.3 is 4.74 Å². The summed E-state index contributed by atoms with van der Waals surface area (Å²) in [5.41, 5.74) is 4.89. The number of hydrogen-bond donors (Lipinski definition) is 1. The standard InChI is InChI=1S/C20H27NO3S/c1-7-18(17-9-8-13(2)14(3)12-17)21-25(22,23)20-11-10-19(24-6)15(4)16(20)5/h8-12,18,21H,7H2,1-6H3/t18-/m0/s1. The van der Waals surface area contributed by atoms with Gasteiger partial charge in [-0.2, -0.15) is 0 Å². The molecule has 0 aromatic heterocycles. The average Bonchev–Trinajstić information content (AvgIpc) is 2.57. The molecular formula is C20H27NO3S. The fraction of sp³-hybridized carbons (Fsp3) is 0.400. The Kier molecular flexibility index (Phi) is 5.91. The molecule has 1 N–H and O–H groups in total. The van der Waals surface area contributed by atoms with Crippen molar-refractivity contribution in [1.29, 1.82) is 0 Å². The van der Waals surface area contributed by atoms with Crippen molar-refractivity contribution in [3.63, 3.8) is 0 Å². The highest BCUT2D eigenvalue weighted by Gasteiger charge is 2.23. The maximum absolute atomic E-state index is 12.9. The van der Waals surface area contributed by atoms with Crippen LogP contribution in [0.4, 0.5) is 0 Å². The third-order valence-corrected chi connectivity index (χ3v) is 6.45. The molecular weight excluding hydrogens is 334 g/mol. The first-order chi connectivity index (χ1) is 11.7. The highest BCUT2D eigenvalue weighted by atomic mass is 32.2. The van der Waals surface area contributed by atoms with Crippen molar-refractivity contribution >= 4 is 10.0 Å². The van der Waals surface area contributed by atoms with Crippen LogP contribution in [-0.2, 0) is 10.0 Å². The van der Waals surface area contributed by atoms with Crippen molar-refractivity contribution in [3.05, 3.63) is 58.1 Å². The van der Waals surface area contributed by atoms with E-state index in [4.69, 9.17) is 4.74 Å². The van der Waals surface area contributed by atoms with Gasteiger partial charge in [-0.3, -0.25) is 0 Å². The van der Waals surface area contributed by atoms with Crippen LogP contribution >= 0.6 is 0 Å². The molecule has 0 bridgehead atoms. The number of ether oxygens (including phenoxy) is 1. The molecule has 0 aliphatic heterocycles. The van der Waals surface area contributed by atoms with Gasteiger partial charge in [0, 0.05) is 6.04 Å². The van der Waals surface area contributed by atoms with E-state index in [0.717, 1.165) is 16.7 Å². The van der Waals surface area contributed by atoms with E-state index < -0.39 is 10.0 Å². The molecule has 2 aromatic rings. The zero-order chi connectivity index (χ0) is 18.8. The number of sulfonamides is 1. The van der Waals surface area contributed by atoms with Crippen molar-refractivity contribution in [2.24, 2.45) is 0 Å². The fourth-order valence-corrected chi connectivity index (χ4v) is 4.51. The largest absolute Gasteiger partial charge is 0.496 e. The summed E-state index contributed by atoms with van der Waals surface area (Å²) in [4.78, 5) is 0.299. The minimum atomic E-state index is -3.63. The van der Waals surface area contributed by atoms with Crippen LogP contribution in [-0.4, -0.2) is 15.5 Å². The zero-order valence-corrected chi connectivity index (χ0v) is 16.6. The van der Waals surface area contributed by atoms with Crippen LogP contribution in [0.3, 0.4) is 0 Å². The summed E-state index contributed by atoms with van der Waals surface area (Å²) < 4.78 is 34.0. The number of benzene rings is 2. The van der Waals surface area contributed by atoms with Gasteiger partial charge in [-0.05, 0) is 74.1 Å². The lowest BCUT2D eigenvalue weighted by molar-refractivity contribution is 0.410. The van der Waals surface area contributed by atoms with E-state index in [2.05, 4.69) is 10.8 Å². The summed E-state index contributed by atoms with van der Waals surface area (Å²) in [6.45, 7) is 9.75. The molecule has 0 saturated heterocycles. The molecule has 0 radical (unpaired) electrons. The first kappa shape index (κ1) is 19.5. The predicted molar refractivity (Wildman–Crippen MR) is 102 cm³/mol. The van der Waals surface area contributed by atoms with Crippen molar-refractivity contribution in [2.75, 3.05) is 7.11 Å². The van der Waals surface area contributed by atoms with Gasteiger partial charge in [0.05, 0.1) is 12.0 Å². The quantitative estimate of drug-likeness (QED) is 0.832. The maximum Gasteiger partial charge on any atom is 0.241 e. The smallest absolute Gasteiger partial charge is 0.241 e. The van der Waals surface area contributed by atoms with Crippen LogP contribution in [0.15, 0.2) is 35.2 Å². The Morgan fingerprint density at radius 1 is 1.00 bits per heavy atom. The number of methoxy groups -OCH3 is 1. The van der Waals surface area contributed by atoms with Crippen molar-refractivity contribution in [2.45, 2.75) is 52.0 Å².